The maximum Gasteiger partial charge on any atom is 0.418 e. The molecule has 2 aromatic carbocycles. The van der Waals surface area contributed by atoms with Crippen molar-refractivity contribution >= 4 is 11.7 Å². The molecule has 0 heterocycles. The van der Waals surface area contributed by atoms with E-state index in [2.05, 4.69) is 10.6 Å². The Hall–Kier alpha value is -2.77. The number of anilines is 1. The molecule has 2 aromatic rings. The molecule has 0 unspecified atom stereocenters. The molecule has 4 nitrogen and oxygen atoms in total. The number of urea groups is 1. The minimum atomic E-state index is -4.64. The summed E-state index contributed by atoms with van der Waals surface area (Å²) in [4.78, 5) is 11.9. The predicted octanol–water partition coefficient (Wildman–Crippen LogP) is 4.61. The molecule has 0 aliphatic rings. The second-order valence-electron chi connectivity index (χ2n) is 5.40. The van der Waals surface area contributed by atoms with E-state index in [1.807, 2.05) is 0 Å². The van der Waals surface area contributed by atoms with Gasteiger partial charge in [-0.25, -0.2) is 9.18 Å². The number of amides is 2. The minimum Gasteiger partial charge on any atom is -0.494 e. The molecule has 0 radical (unpaired) electrons. The summed E-state index contributed by atoms with van der Waals surface area (Å²) < 4.78 is 57.6. The number of hydrogen-bond acceptors (Lipinski definition) is 2. The fourth-order valence-electron chi connectivity index (χ4n) is 2.30. The normalized spacial score (nSPS) is 11.1. The molecule has 2 rings (SSSR count). The third-order valence-electron chi connectivity index (χ3n) is 3.44. The lowest BCUT2D eigenvalue weighted by Crippen LogP contribution is -2.31. The number of alkyl halides is 3. The van der Waals surface area contributed by atoms with E-state index in [-0.39, 0.29) is 24.6 Å². The Morgan fingerprint density at radius 2 is 1.92 bits per heavy atom. The number of benzene rings is 2. The molecule has 0 spiro atoms. The molecule has 8 heteroatoms. The van der Waals surface area contributed by atoms with Crippen LogP contribution in [0.2, 0.25) is 0 Å². The van der Waals surface area contributed by atoms with Crippen LogP contribution in [0.25, 0.3) is 0 Å². The van der Waals surface area contributed by atoms with E-state index in [9.17, 15) is 22.4 Å². The minimum absolute atomic E-state index is 0.0666. The average Bonchev–Trinajstić information content (AvgIpc) is 2.55. The number of nitrogens with one attached hydrogen (secondary N) is 2. The van der Waals surface area contributed by atoms with E-state index in [4.69, 9.17) is 4.74 Å². The maximum absolute atomic E-state index is 13.2. The SMILES string of the molecule is CCOc1ccc(NC(=O)NCCc2cccc(F)c2)c(C(F)(F)F)c1. The van der Waals surface area contributed by atoms with E-state index < -0.39 is 23.6 Å². The summed E-state index contributed by atoms with van der Waals surface area (Å²) in [5.41, 5.74) is -0.699. The quantitative estimate of drug-likeness (QED) is 0.730. The van der Waals surface area contributed by atoms with Crippen LogP contribution in [0.5, 0.6) is 5.75 Å². The summed E-state index contributed by atoms with van der Waals surface area (Å²) in [7, 11) is 0. The zero-order valence-corrected chi connectivity index (χ0v) is 14.0. The van der Waals surface area contributed by atoms with Crippen molar-refractivity contribution in [2.75, 3.05) is 18.5 Å². The van der Waals surface area contributed by atoms with Crippen molar-refractivity contribution in [2.45, 2.75) is 19.5 Å². The molecule has 140 valence electrons. The molecule has 0 aromatic heterocycles. The van der Waals surface area contributed by atoms with E-state index in [1.54, 1.807) is 19.1 Å². The fraction of sp³-hybridized carbons (Fsp3) is 0.278. The van der Waals surface area contributed by atoms with E-state index in [0.29, 0.717) is 12.0 Å². The second kappa shape index (κ2) is 8.55. The van der Waals surface area contributed by atoms with Crippen LogP contribution in [-0.4, -0.2) is 19.2 Å². The molecule has 2 amide bonds. The maximum atomic E-state index is 13.2. The molecular formula is C18H18F4N2O2. The van der Waals surface area contributed by atoms with Gasteiger partial charge < -0.3 is 15.4 Å². The monoisotopic (exact) mass is 370 g/mol. The first kappa shape index (κ1) is 19.6. The van der Waals surface area contributed by atoms with Gasteiger partial charge in [0.1, 0.15) is 11.6 Å². The third-order valence-corrected chi connectivity index (χ3v) is 3.44. The zero-order chi connectivity index (χ0) is 19.2. The molecule has 26 heavy (non-hydrogen) atoms. The third kappa shape index (κ3) is 5.65. The van der Waals surface area contributed by atoms with Crippen molar-refractivity contribution < 1.29 is 27.1 Å². The lowest BCUT2D eigenvalue weighted by atomic mass is 10.1. The smallest absolute Gasteiger partial charge is 0.418 e. The van der Waals surface area contributed by atoms with Crippen LogP contribution in [-0.2, 0) is 12.6 Å². The molecule has 0 saturated heterocycles. The van der Waals surface area contributed by atoms with Gasteiger partial charge in [-0.15, -0.1) is 0 Å². The lowest BCUT2D eigenvalue weighted by Gasteiger charge is -2.16. The van der Waals surface area contributed by atoms with Crippen molar-refractivity contribution in [3.63, 3.8) is 0 Å². The number of ether oxygens (including phenoxy) is 1. The Bertz CT molecular complexity index is 763. The number of hydrogen-bond donors (Lipinski definition) is 2. The average molecular weight is 370 g/mol. The van der Waals surface area contributed by atoms with E-state index >= 15 is 0 Å². The van der Waals surface area contributed by atoms with Crippen molar-refractivity contribution in [3.05, 3.63) is 59.4 Å². The molecule has 0 aliphatic heterocycles. The van der Waals surface area contributed by atoms with Gasteiger partial charge in [0.2, 0.25) is 0 Å². The summed E-state index contributed by atoms with van der Waals surface area (Å²) in [5, 5.41) is 4.63. The van der Waals surface area contributed by atoms with E-state index in [0.717, 1.165) is 12.1 Å². The summed E-state index contributed by atoms with van der Waals surface area (Å²) in [6.45, 7) is 2.03. The van der Waals surface area contributed by atoms with Gasteiger partial charge in [0.25, 0.3) is 0 Å². The van der Waals surface area contributed by atoms with Crippen LogP contribution in [0.15, 0.2) is 42.5 Å². The number of carbonyl (C=O) groups is 1. The molecular weight excluding hydrogens is 352 g/mol. The van der Waals surface area contributed by atoms with Crippen LogP contribution in [0, 0.1) is 5.82 Å². The summed E-state index contributed by atoms with van der Waals surface area (Å²) in [6, 6.07) is 8.41. The Balaban J connectivity index is 1.99. The number of halogens is 4. The summed E-state index contributed by atoms with van der Waals surface area (Å²) in [6.07, 6.45) is -4.29. The molecule has 0 fully saturated rings. The first-order valence-corrected chi connectivity index (χ1v) is 7.93. The number of carbonyl (C=O) groups excluding carboxylic acids is 1. The second-order valence-corrected chi connectivity index (χ2v) is 5.40. The highest BCUT2D eigenvalue weighted by molar-refractivity contribution is 5.90. The van der Waals surface area contributed by atoms with Gasteiger partial charge in [-0.1, -0.05) is 12.1 Å². The van der Waals surface area contributed by atoms with Crippen molar-refractivity contribution in [3.8, 4) is 5.75 Å². The first-order chi connectivity index (χ1) is 12.3. The lowest BCUT2D eigenvalue weighted by molar-refractivity contribution is -0.137. The summed E-state index contributed by atoms with van der Waals surface area (Å²) in [5.74, 6) is -0.326. The standard InChI is InChI=1S/C18H18F4N2O2/c1-2-26-14-6-7-16(15(11-14)18(20,21)22)24-17(25)23-9-8-12-4-3-5-13(19)10-12/h3-7,10-11H,2,8-9H2,1H3,(H2,23,24,25). The van der Waals surface area contributed by atoms with Crippen LogP contribution in [0.4, 0.5) is 28.0 Å². The van der Waals surface area contributed by atoms with Gasteiger partial charge >= 0.3 is 12.2 Å². The van der Waals surface area contributed by atoms with Gasteiger partial charge in [-0.3, -0.25) is 0 Å². The first-order valence-electron chi connectivity index (χ1n) is 7.93. The van der Waals surface area contributed by atoms with Gasteiger partial charge in [-0.2, -0.15) is 13.2 Å². The molecule has 2 N–H and O–H groups in total. The Labute approximate surface area is 148 Å². The van der Waals surface area contributed by atoms with Gasteiger partial charge in [-0.05, 0) is 49.2 Å². The van der Waals surface area contributed by atoms with Crippen molar-refractivity contribution in [2.24, 2.45) is 0 Å². The Kier molecular flexibility index (Phi) is 6.43. The summed E-state index contributed by atoms with van der Waals surface area (Å²) >= 11 is 0. The largest absolute Gasteiger partial charge is 0.494 e. The Morgan fingerprint density at radius 1 is 1.15 bits per heavy atom. The van der Waals surface area contributed by atoms with Crippen LogP contribution in [0.1, 0.15) is 18.1 Å². The molecule has 0 atom stereocenters. The van der Waals surface area contributed by atoms with Gasteiger partial charge in [0.05, 0.1) is 17.9 Å². The molecule has 0 aliphatic carbocycles. The fourth-order valence-corrected chi connectivity index (χ4v) is 2.30. The highest BCUT2D eigenvalue weighted by atomic mass is 19.4. The highest BCUT2D eigenvalue weighted by Crippen LogP contribution is 2.37. The number of rotatable bonds is 6. The molecule has 0 saturated carbocycles. The van der Waals surface area contributed by atoms with Crippen LogP contribution >= 0.6 is 0 Å². The van der Waals surface area contributed by atoms with Crippen molar-refractivity contribution in [1.29, 1.82) is 0 Å². The predicted molar refractivity (Wildman–Crippen MR) is 89.7 cm³/mol. The van der Waals surface area contributed by atoms with Crippen LogP contribution in [0.3, 0.4) is 0 Å². The Morgan fingerprint density at radius 3 is 2.58 bits per heavy atom. The topological polar surface area (TPSA) is 50.4 Å². The van der Waals surface area contributed by atoms with E-state index in [1.165, 1.54) is 18.2 Å². The van der Waals surface area contributed by atoms with Gasteiger partial charge in [0, 0.05) is 6.54 Å². The zero-order valence-electron chi connectivity index (χ0n) is 14.0. The van der Waals surface area contributed by atoms with Crippen LogP contribution < -0.4 is 15.4 Å². The van der Waals surface area contributed by atoms with Gasteiger partial charge in [0.15, 0.2) is 0 Å². The van der Waals surface area contributed by atoms with Crippen molar-refractivity contribution in [1.82, 2.24) is 5.32 Å². The molecule has 0 bridgehead atoms. The highest BCUT2D eigenvalue weighted by Gasteiger charge is 2.34.